The maximum atomic E-state index is 14.1. The van der Waals surface area contributed by atoms with Crippen LogP contribution >= 0.6 is 0 Å². The monoisotopic (exact) mass is 358 g/mol. The lowest BCUT2D eigenvalue weighted by atomic mass is 10.2. The Balaban J connectivity index is 2.18. The van der Waals surface area contributed by atoms with Crippen molar-refractivity contribution in [3.05, 3.63) is 28.1 Å². The van der Waals surface area contributed by atoms with Crippen LogP contribution in [0.4, 0.5) is 14.9 Å². The van der Waals surface area contributed by atoms with Crippen LogP contribution in [0.3, 0.4) is 0 Å². The first-order valence-corrected chi connectivity index (χ1v) is 7.14. The molecule has 0 aliphatic carbocycles. The zero-order valence-corrected chi connectivity index (χ0v) is 13.2. The van der Waals surface area contributed by atoms with Crippen molar-refractivity contribution < 1.29 is 37.9 Å². The number of carbonyl (C=O) groups excluding carboxylic acids is 2. The Hall–Kier alpha value is -2.95. The molecule has 10 nitrogen and oxygen atoms in total. The second-order valence-electron chi connectivity index (χ2n) is 4.84. The number of esters is 1. The fourth-order valence-electron chi connectivity index (χ4n) is 1.96. The van der Waals surface area contributed by atoms with E-state index in [-0.39, 0.29) is 13.1 Å². The van der Waals surface area contributed by atoms with Crippen LogP contribution in [-0.2, 0) is 14.3 Å². The summed E-state index contributed by atoms with van der Waals surface area (Å²) in [5.74, 6) is -2.95. The second-order valence-corrected chi connectivity index (χ2v) is 4.84. The van der Waals surface area contributed by atoms with E-state index >= 15 is 0 Å². The standard InChI is InChI=1S/C14H15FN2O8/c1-22-13(18)8-24-12-6-9(15)11(7-10(12)17(20)21)25-14(19)16-2-4-23-5-3-16/h6-7H,2-5,8H2,1H3. The lowest BCUT2D eigenvalue weighted by molar-refractivity contribution is -0.385. The van der Waals surface area contributed by atoms with Crippen LogP contribution in [0.25, 0.3) is 0 Å². The number of amides is 1. The van der Waals surface area contributed by atoms with Gasteiger partial charge in [0.15, 0.2) is 18.2 Å². The smallest absolute Gasteiger partial charge is 0.415 e. The lowest BCUT2D eigenvalue weighted by Gasteiger charge is -2.25. The third kappa shape index (κ3) is 4.76. The van der Waals surface area contributed by atoms with Crippen molar-refractivity contribution in [3.8, 4) is 11.5 Å². The molecule has 0 unspecified atom stereocenters. The van der Waals surface area contributed by atoms with Crippen LogP contribution in [-0.4, -0.2) is 61.9 Å². The van der Waals surface area contributed by atoms with Gasteiger partial charge < -0.3 is 23.8 Å². The van der Waals surface area contributed by atoms with Gasteiger partial charge in [0.05, 0.1) is 31.3 Å². The molecule has 1 saturated heterocycles. The van der Waals surface area contributed by atoms with Crippen molar-refractivity contribution in [1.82, 2.24) is 4.90 Å². The van der Waals surface area contributed by atoms with Gasteiger partial charge in [-0.25, -0.2) is 14.0 Å². The Morgan fingerprint density at radius 3 is 2.60 bits per heavy atom. The van der Waals surface area contributed by atoms with E-state index in [0.29, 0.717) is 19.3 Å². The van der Waals surface area contributed by atoms with E-state index in [4.69, 9.17) is 14.2 Å². The van der Waals surface area contributed by atoms with Crippen molar-refractivity contribution in [2.24, 2.45) is 0 Å². The van der Waals surface area contributed by atoms with Gasteiger partial charge in [0.1, 0.15) is 0 Å². The first-order valence-electron chi connectivity index (χ1n) is 7.14. The summed E-state index contributed by atoms with van der Waals surface area (Å²) in [4.78, 5) is 34.5. The Bertz CT molecular complexity index is 675. The molecule has 25 heavy (non-hydrogen) atoms. The van der Waals surface area contributed by atoms with Crippen molar-refractivity contribution in [2.45, 2.75) is 0 Å². The number of halogens is 1. The Kier molecular flexibility index (Phi) is 6.06. The molecule has 0 saturated carbocycles. The third-order valence-corrected chi connectivity index (χ3v) is 3.25. The average Bonchev–Trinajstić information content (AvgIpc) is 2.61. The summed E-state index contributed by atoms with van der Waals surface area (Å²) in [5.41, 5.74) is -0.657. The van der Waals surface area contributed by atoms with Gasteiger partial charge in [0.25, 0.3) is 0 Å². The van der Waals surface area contributed by atoms with Crippen molar-refractivity contribution in [2.75, 3.05) is 40.0 Å². The summed E-state index contributed by atoms with van der Waals surface area (Å²) in [6.07, 6.45) is -0.847. The number of hydrogen-bond acceptors (Lipinski definition) is 8. The Morgan fingerprint density at radius 2 is 2.00 bits per heavy atom. The molecule has 11 heteroatoms. The van der Waals surface area contributed by atoms with E-state index in [1.807, 2.05) is 0 Å². The number of rotatable bonds is 5. The number of morpholine rings is 1. The summed E-state index contributed by atoms with van der Waals surface area (Å²) in [5, 5.41) is 11.1. The van der Waals surface area contributed by atoms with Crippen molar-refractivity contribution in [1.29, 1.82) is 0 Å². The van der Waals surface area contributed by atoms with E-state index in [9.17, 15) is 24.1 Å². The maximum absolute atomic E-state index is 14.1. The van der Waals surface area contributed by atoms with Gasteiger partial charge in [0, 0.05) is 19.2 Å². The number of ether oxygens (including phenoxy) is 4. The number of nitro benzene ring substituents is 1. The molecule has 1 aliphatic rings. The number of methoxy groups -OCH3 is 1. The quantitative estimate of drug-likeness (QED) is 0.436. The minimum absolute atomic E-state index is 0.267. The summed E-state index contributed by atoms with van der Waals surface area (Å²) in [6, 6.07) is 1.39. The van der Waals surface area contributed by atoms with Gasteiger partial charge in [-0.2, -0.15) is 0 Å². The first kappa shape index (κ1) is 18.4. The third-order valence-electron chi connectivity index (χ3n) is 3.25. The minimum atomic E-state index is -1.05. The summed E-state index contributed by atoms with van der Waals surface area (Å²) in [7, 11) is 1.11. The number of carbonyl (C=O) groups is 2. The molecule has 0 aromatic heterocycles. The molecule has 0 N–H and O–H groups in total. The summed E-state index contributed by atoms with van der Waals surface area (Å²) in [6.45, 7) is 0.533. The highest BCUT2D eigenvalue weighted by molar-refractivity contribution is 5.72. The van der Waals surface area contributed by atoms with Crippen LogP contribution in [0.1, 0.15) is 0 Å². The first-order chi connectivity index (χ1) is 11.9. The Labute approximate surface area is 141 Å². The zero-order valence-electron chi connectivity index (χ0n) is 13.2. The van der Waals surface area contributed by atoms with Crippen LogP contribution < -0.4 is 9.47 Å². The molecule has 1 aliphatic heterocycles. The molecule has 1 heterocycles. The minimum Gasteiger partial charge on any atom is -0.475 e. The highest BCUT2D eigenvalue weighted by Gasteiger charge is 2.25. The van der Waals surface area contributed by atoms with E-state index in [0.717, 1.165) is 13.2 Å². The number of benzene rings is 1. The molecular formula is C14H15FN2O8. The van der Waals surface area contributed by atoms with E-state index in [1.165, 1.54) is 4.90 Å². The molecule has 0 bridgehead atoms. The fourth-order valence-corrected chi connectivity index (χ4v) is 1.96. The van der Waals surface area contributed by atoms with E-state index in [2.05, 4.69) is 4.74 Å². The second kappa shape index (κ2) is 8.24. The summed E-state index contributed by atoms with van der Waals surface area (Å²) >= 11 is 0. The van der Waals surface area contributed by atoms with Gasteiger partial charge >= 0.3 is 17.7 Å². The highest BCUT2D eigenvalue weighted by Crippen LogP contribution is 2.34. The topological polar surface area (TPSA) is 117 Å². The molecule has 1 fully saturated rings. The predicted molar refractivity (Wildman–Crippen MR) is 79.0 cm³/mol. The zero-order chi connectivity index (χ0) is 18.4. The summed E-state index contributed by atoms with van der Waals surface area (Å²) < 4.78 is 33.3. The van der Waals surface area contributed by atoms with Crippen LogP contribution in [0.5, 0.6) is 11.5 Å². The van der Waals surface area contributed by atoms with Gasteiger partial charge in [-0.3, -0.25) is 10.1 Å². The molecule has 1 aromatic carbocycles. The van der Waals surface area contributed by atoms with Gasteiger partial charge in [-0.15, -0.1) is 0 Å². The van der Waals surface area contributed by atoms with E-state index < -0.39 is 46.6 Å². The molecule has 0 spiro atoms. The molecule has 1 aromatic rings. The predicted octanol–water partition coefficient (Wildman–Crippen LogP) is 1.12. The number of nitro groups is 1. The number of nitrogens with zero attached hydrogens (tertiary/aromatic N) is 2. The highest BCUT2D eigenvalue weighted by atomic mass is 19.1. The van der Waals surface area contributed by atoms with Crippen LogP contribution in [0.2, 0.25) is 0 Å². The molecule has 0 radical (unpaired) electrons. The SMILES string of the molecule is COC(=O)COc1cc(F)c(OC(=O)N2CCOCC2)cc1[N+](=O)[O-]. The van der Waals surface area contributed by atoms with Gasteiger partial charge in [-0.05, 0) is 0 Å². The molecule has 1 amide bonds. The fraction of sp³-hybridized carbons (Fsp3) is 0.429. The molecule has 136 valence electrons. The number of hydrogen-bond donors (Lipinski definition) is 0. The van der Waals surface area contributed by atoms with E-state index in [1.54, 1.807) is 0 Å². The molecular weight excluding hydrogens is 343 g/mol. The normalized spacial score (nSPS) is 13.9. The van der Waals surface area contributed by atoms with Crippen LogP contribution in [0.15, 0.2) is 12.1 Å². The van der Waals surface area contributed by atoms with Gasteiger partial charge in [0.2, 0.25) is 5.75 Å². The molecule has 2 rings (SSSR count). The Morgan fingerprint density at radius 1 is 1.32 bits per heavy atom. The van der Waals surface area contributed by atoms with Gasteiger partial charge in [-0.1, -0.05) is 0 Å². The lowest BCUT2D eigenvalue weighted by Crippen LogP contribution is -2.42. The van der Waals surface area contributed by atoms with Crippen molar-refractivity contribution >= 4 is 17.7 Å². The average molecular weight is 358 g/mol. The van der Waals surface area contributed by atoms with Crippen LogP contribution in [0, 0.1) is 15.9 Å². The molecule has 0 atom stereocenters. The largest absolute Gasteiger partial charge is 0.475 e. The van der Waals surface area contributed by atoms with Crippen molar-refractivity contribution in [3.63, 3.8) is 0 Å². The maximum Gasteiger partial charge on any atom is 0.415 e.